The lowest BCUT2D eigenvalue weighted by Gasteiger charge is -2.18. The quantitative estimate of drug-likeness (QED) is 0.448. The van der Waals surface area contributed by atoms with E-state index in [4.69, 9.17) is 18.6 Å². The highest BCUT2D eigenvalue weighted by Crippen LogP contribution is 2.44. The van der Waals surface area contributed by atoms with Crippen LogP contribution in [0.2, 0.25) is 0 Å². The summed E-state index contributed by atoms with van der Waals surface area (Å²) in [5, 5.41) is 0.654. The Labute approximate surface area is 174 Å². The Bertz CT molecular complexity index is 1110. The molecular formula is C24H24O6. The van der Waals surface area contributed by atoms with E-state index >= 15 is 0 Å². The number of para-hydroxylation sites is 1. The maximum Gasteiger partial charge on any atom is 0.348 e. The molecule has 0 fully saturated rings. The lowest BCUT2D eigenvalue weighted by molar-refractivity contribution is -0.151. The van der Waals surface area contributed by atoms with E-state index in [1.807, 2.05) is 36.4 Å². The Morgan fingerprint density at radius 1 is 1.10 bits per heavy atom. The van der Waals surface area contributed by atoms with Crippen LogP contribution in [0.4, 0.5) is 0 Å². The molecule has 1 aromatic heterocycles. The van der Waals surface area contributed by atoms with E-state index in [0.29, 0.717) is 34.8 Å². The summed E-state index contributed by atoms with van der Waals surface area (Å²) in [5.74, 6) is 0.377. The van der Waals surface area contributed by atoms with Gasteiger partial charge in [-0.2, -0.15) is 0 Å². The maximum atomic E-state index is 12.9. The molecule has 4 rings (SSSR count). The predicted octanol–water partition coefficient (Wildman–Crippen LogP) is 4.28. The molecule has 156 valence electrons. The van der Waals surface area contributed by atoms with Gasteiger partial charge in [-0.05, 0) is 42.7 Å². The number of benzene rings is 2. The molecule has 0 spiro atoms. The Morgan fingerprint density at radius 3 is 2.53 bits per heavy atom. The van der Waals surface area contributed by atoms with E-state index in [2.05, 4.69) is 13.8 Å². The molecule has 2 atom stereocenters. The summed E-state index contributed by atoms with van der Waals surface area (Å²) < 4.78 is 22.5. The van der Waals surface area contributed by atoms with Crippen LogP contribution in [-0.4, -0.2) is 25.3 Å². The third-order valence-corrected chi connectivity index (χ3v) is 5.00. The van der Waals surface area contributed by atoms with Crippen LogP contribution in [0, 0.1) is 5.92 Å². The molecule has 0 bridgehead atoms. The van der Waals surface area contributed by atoms with Gasteiger partial charge in [0, 0.05) is 0 Å². The molecule has 3 aromatic rings. The molecule has 0 saturated carbocycles. The van der Waals surface area contributed by atoms with E-state index in [-0.39, 0.29) is 6.61 Å². The van der Waals surface area contributed by atoms with Crippen molar-refractivity contribution in [3.8, 4) is 11.5 Å². The van der Waals surface area contributed by atoms with Crippen molar-refractivity contribution in [3.63, 3.8) is 0 Å². The van der Waals surface area contributed by atoms with Gasteiger partial charge in [0.15, 0.2) is 0 Å². The Balaban J connectivity index is 1.79. The van der Waals surface area contributed by atoms with Gasteiger partial charge in [-0.1, -0.05) is 38.1 Å². The summed E-state index contributed by atoms with van der Waals surface area (Å²) in [6.45, 7) is 6.72. The van der Waals surface area contributed by atoms with Gasteiger partial charge in [-0.25, -0.2) is 9.59 Å². The fraction of sp³-hybridized carbons (Fsp3) is 0.333. The van der Waals surface area contributed by atoms with E-state index in [1.54, 1.807) is 19.1 Å². The van der Waals surface area contributed by atoms with Crippen LogP contribution in [-0.2, 0) is 9.53 Å². The molecule has 1 aliphatic rings. The van der Waals surface area contributed by atoms with Crippen LogP contribution < -0.4 is 15.1 Å². The molecule has 0 amide bonds. The van der Waals surface area contributed by atoms with E-state index < -0.39 is 23.6 Å². The Kier molecular flexibility index (Phi) is 5.48. The third-order valence-electron chi connectivity index (χ3n) is 5.00. The van der Waals surface area contributed by atoms with Crippen molar-refractivity contribution in [2.75, 3.05) is 13.2 Å². The van der Waals surface area contributed by atoms with Crippen LogP contribution >= 0.6 is 0 Å². The molecule has 30 heavy (non-hydrogen) atoms. The number of carbonyl (C=O) groups is 1. The van der Waals surface area contributed by atoms with E-state index in [9.17, 15) is 9.59 Å². The summed E-state index contributed by atoms with van der Waals surface area (Å²) >= 11 is 0. The first-order valence-corrected chi connectivity index (χ1v) is 10.1. The highest BCUT2D eigenvalue weighted by molar-refractivity contribution is 5.88. The number of carbonyl (C=O) groups excluding carboxylic acids is 1. The average Bonchev–Trinajstić information content (AvgIpc) is 3.14. The van der Waals surface area contributed by atoms with E-state index in [1.165, 1.54) is 0 Å². The minimum absolute atomic E-state index is 0.221. The summed E-state index contributed by atoms with van der Waals surface area (Å²) in [4.78, 5) is 25.5. The number of rotatable bonds is 6. The fourth-order valence-electron chi connectivity index (χ4n) is 3.66. The first-order valence-electron chi connectivity index (χ1n) is 10.1. The standard InChI is InChI=1S/C24H24O6/c1-4-27-24(26)22-19(15-9-11-16(12-10-15)28-13-14(2)3)20-21(30-22)17-7-5-6-8-18(17)29-23(20)25/h5-12,14,19,22H,4,13H2,1-3H3. The molecule has 0 saturated heterocycles. The lowest BCUT2D eigenvalue weighted by Crippen LogP contribution is -2.32. The second-order valence-corrected chi connectivity index (χ2v) is 7.67. The normalized spacial score (nSPS) is 17.6. The molecule has 2 aromatic carbocycles. The van der Waals surface area contributed by atoms with Crippen molar-refractivity contribution in [2.45, 2.75) is 32.8 Å². The molecular weight excluding hydrogens is 384 g/mol. The summed E-state index contributed by atoms with van der Waals surface area (Å²) in [7, 11) is 0. The van der Waals surface area contributed by atoms with Gasteiger partial charge >= 0.3 is 11.6 Å². The van der Waals surface area contributed by atoms with Crippen molar-refractivity contribution in [1.29, 1.82) is 0 Å². The average molecular weight is 408 g/mol. The van der Waals surface area contributed by atoms with Crippen molar-refractivity contribution in [1.82, 2.24) is 0 Å². The van der Waals surface area contributed by atoms with Gasteiger partial charge in [-0.15, -0.1) is 0 Å². The zero-order valence-electron chi connectivity index (χ0n) is 17.2. The van der Waals surface area contributed by atoms with Crippen LogP contribution in [0.15, 0.2) is 57.7 Å². The summed E-state index contributed by atoms with van der Waals surface area (Å²) in [5.41, 5.74) is 0.997. The second kappa shape index (κ2) is 8.22. The topological polar surface area (TPSA) is 75.0 Å². The minimum atomic E-state index is -0.962. The van der Waals surface area contributed by atoms with Crippen LogP contribution in [0.5, 0.6) is 11.5 Å². The Morgan fingerprint density at radius 2 is 1.83 bits per heavy atom. The number of ether oxygens (including phenoxy) is 3. The first-order chi connectivity index (χ1) is 14.5. The zero-order valence-corrected chi connectivity index (χ0v) is 17.2. The predicted molar refractivity (Wildman–Crippen MR) is 112 cm³/mol. The number of hydrogen-bond donors (Lipinski definition) is 0. The van der Waals surface area contributed by atoms with Gasteiger partial charge in [0.2, 0.25) is 6.10 Å². The third kappa shape index (κ3) is 3.65. The van der Waals surface area contributed by atoms with Crippen molar-refractivity contribution >= 4 is 16.9 Å². The number of hydrogen-bond acceptors (Lipinski definition) is 6. The lowest BCUT2D eigenvalue weighted by atomic mass is 9.88. The highest BCUT2D eigenvalue weighted by atomic mass is 16.6. The highest BCUT2D eigenvalue weighted by Gasteiger charge is 2.45. The number of esters is 1. The minimum Gasteiger partial charge on any atom is -0.493 e. The molecule has 6 nitrogen and oxygen atoms in total. The van der Waals surface area contributed by atoms with Gasteiger partial charge in [0.25, 0.3) is 0 Å². The van der Waals surface area contributed by atoms with Crippen LogP contribution in [0.25, 0.3) is 11.0 Å². The molecule has 0 radical (unpaired) electrons. The zero-order chi connectivity index (χ0) is 21.3. The summed E-state index contributed by atoms with van der Waals surface area (Å²) in [6.07, 6.45) is -0.962. The molecule has 0 N–H and O–H groups in total. The molecule has 6 heteroatoms. The van der Waals surface area contributed by atoms with Crippen molar-refractivity contribution in [2.24, 2.45) is 5.92 Å². The Hall–Kier alpha value is -3.28. The van der Waals surface area contributed by atoms with Crippen molar-refractivity contribution in [3.05, 3.63) is 70.1 Å². The molecule has 1 aliphatic heterocycles. The van der Waals surface area contributed by atoms with Crippen LogP contribution in [0.1, 0.15) is 37.8 Å². The van der Waals surface area contributed by atoms with Gasteiger partial charge in [-0.3, -0.25) is 0 Å². The second-order valence-electron chi connectivity index (χ2n) is 7.67. The fourth-order valence-corrected chi connectivity index (χ4v) is 3.66. The van der Waals surface area contributed by atoms with Crippen LogP contribution in [0.3, 0.4) is 0 Å². The number of fused-ring (bicyclic) bond motifs is 3. The SMILES string of the molecule is CCOC(=O)C1Oc2c(c(=O)oc3ccccc23)C1c1ccc(OCC(C)C)cc1. The monoisotopic (exact) mass is 408 g/mol. The van der Waals surface area contributed by atoms with Gasteiger partial charge in [0.05, 0.1) is 30.1 Å². The van der Waals surface area contributed by atoms with E-state index in [0.717, 1.165) is 11.3 Å². The van der Waals surface area contributed by atoms with Crippen molar-refractivity contribution < 1.29 is 23.4 Å². The molecule has 2 heterocycles. The molecule has 0 aliphatic carbocycles. The molecule has 2 unspecified atom stereocenters. The smallest absolute Gasteiger partial charge is 0.348 e. The van der Waals surface area contributed by atoms with Gasteiger partial charge < -0.3 is 18.6 Å². The largest absolute Gasteiger partial charge is 0.493 e. The summed E-state index contributed by atoms with van der Waals surface area (Å²) in [6, 6.07) is 14.5. The van der Waals surface area contributed by atoms with Gasteiger partial charge in [0.1, 0.15) is 17.1 Å². The first kappa shape index (κ1) is 20.0. The maximum absolute atomic E-state index is 12.9.